The summed E-state index contributed by atoms with van der Waals surface area (Å²) in [7, 11) is 2.04. The molecular weight excluding hydrogens is 422 g/mol. The average Bonchev–Trinajstić information content (AvgIpc) is 3.11. The van der Waals surface area contributed by atoms with Gasteiger partial charge in [-0.3, -0.25) is 4.90 Å². The van der Waals surface area contributed by atoms with Crippen LogP contribution in [0.15, 0.2) is 35.1 Å². The lowest BCUT2D eigenvalue weighted by Gasteiger charge is -2.37. The number of likely N-dealkylation sites (N-methyl/N-ethyl adjacent to an activating group) is 1. The van der Waals surface area contributed by atoms with Gasteiger partial charge in [0.1, 0.15) is 11.4 Å². The maximum absolute atomic E-state index is 13.4. The predicted octanol–water partition coefficient (Wildman–Crippen LogP) is 1.08. The highest BCUT2D eigenvalue weighted by Gasteiger charge is 2.30. The van der Waals surface area contributed by atoms with Crippen LogP contribution in [0.2, 0.25) is 0 Å². The van der Waals surface area contributed by atoms with E-state index in [-0.39, 0.29) is 29.9 Å². The van der Waals surface area contributed by atoms with Gasteiger partial charge in [-0.2, -0.15) is 0 Å². The molecule has 0 bridgehead atoms. The number of aromatic nitrogens is 4. The molecule has 0 spiro atoms. The van der Waals surface area contributed by atoms with E-state index in [0.717, 1.165) is 23.5 Å². The Hall–Kier alpha value is -2.95. The summed E-state index contributed by atoms with van der Waals surface area (Å²) in [5, 5.41) is 4.80. The van der Waals surface area contributed by atoms with Crippen molar-refractivity contribution in [3.8, 4) is 11.3 Å². The van der Waals surface area contributed by atoms with Gasteiger partial charge in [-0.15, -0.1) is 5.10 Å². The van der Waals surface area contributed by atoms with Crippen LogP contribution in [0.4, 0.5) is 11.6 Å². The SMILES string of the molecule is CC1CN(c2c(-c3ccccc3)nc(N)n3c(=O)n(C[C@H]4COCCN4C)nc23)CC(C)O1. The Bertz CT molecular complexity index is 1180. The number of nitrogen functional groups attached to an aromatic ring is 1. The summed E-state index contributed by atoms with van der Waals surface area (Å²) >= 11 is 0. The van der Waals surface area contributed by atoms with Crippen LogP contribution in [-0.4, -0.2) is 82.2 Å². The van der Waals surface area contributed by atoms with Gasteiger partial charge < -0.3 is 20.1 Å². The minimum atomic E-state index is -0.288. The van der Waals surface area contributed by atoms with Crippen molar-refractivity contribution in [2.75, 3.05) is 50.5 Å². The first kappa shape index (κ1) is 21.9. The molecular formula is C23H31N7O3. The number of morpholine rings is 2. The Morgan fingerprint density at radius 2 is 1.88 bits per heavy atom. The van der Waals surface area contributed by atoms with E-state index < -0.39 is 0 Å². The third-order valence-electron chi connectivity index (χ3n) is 6.42. The van der Waals surface area contributed by atoms with Crippen LogP contribution in [0.25, 0.3) is 16.9 Å². The van der Waals surface area contributed by atoms with Crippen LogP contribution in [0.1, 0.15) is 13.8 Å². The third kappa shape index (κ3) is 4.09. The van der Waals surface area contributed by atoms with Crippen molar-refractivity contribution in [2.45, 2.75) is 38.6 Å². The van der Waals surface area contributed by atoms with Crippen molar-refractivity contribution < 1.29 is 9.47 Å². The van der Waals surface area contributed by atoms with Gasteiger partial charge in [-0.1, -0.05) is 30.3 Å². The van der Waals surface area contributed by atoms with Crippen molar-refractivity contribution in [1.29, 1.82) is 0 Å². The molecule has 4 heterocycles. The molecule has 33 heavy (non-hydrogen) atoms. The molecule has 5 rings (SSSR count). The predicted molar refractivity (Wildman–Crippen MR) is 127 cm³/mol. The molecule has 176 valence electrons. The van der Waals surface area contributed by atoms with Crippen molar-refractivity contribution in [3.63, 3.8) is 0 Å². The number of ether oxygens (including phenoxy) is 2. The van der Waals surface area contributed by atoms with Crippen molar-refractivity contribution in [1.82, 2.24) is 24.1 Å². The van der Waals surface area contributed by atoms with Gasteiger partial charge in [-0.25, -0.2) is 18.9 Å². The molecule has 2 aliphatic rings. The van der Waals surface area contributed by atoms with Crippen LogP contribution in [-0.2, 0) is 16.0 Å². The maximum Gasteiger partial charge on any atom is 0.353 e. The Labute approximate surface area is 192 Å². The molecule has 2 aromatic heterocycles. The number of fused-ring (bicyclic) bond motifs is 1. The van der Waals surface area contributed by atoms with E-state index in [2.05, 4.69) is 23.6 Å². The summed E-state index contributed by atoms with van der Waals surface area (Å²) in [4.78, 5) is 22.5. The molecule has 10 nitrogen and oxygen atoms in total. The Balaban J connectivity index is 1.68. The van der Waals surface area contributed by atoms with Gasteiger partial charge in [0.25, 0.3) is 0 Å². The standard InChI is InChI=1S/C23H31N7O3/c1-15-11-28(12-16(2)33-15)20-19(17-7-5-4-6-8-17)25-22(24)30-21(20)26-29(23(30)31)13-18-14-32-10-9-27(18)3/h4-8,15-16,18H,9-14H2,1-3H3,(H2,24,25)/t15?,16?,18-/m0/s1. The Morgan fingerprint density at radius 3 is 2.58 bits per heavy atom. The van der Waals surface area contributed by atoms with E-state index in [1.165, 1.54) is 9.08 Å². The van der Waals surface area contributed by atoms with Crippen molar-refractivity contribution >= 4 is 17.3 Å². The fourth-order valence-electron chi connectivity index (χ4n) is 4.79. The lowest BCUT2D eigenvalue weighted by Crippen LogP contribution is -2.46. The summed E-state index contributed by atoms with van der Waals surface area (Å²) in [5.41, 5.74) is 9.03. The quantitative estimate of drug-likeness (QED) is 0.626. The number of rotatable bonds is 4. The van der Waals surface area contributed by atoms with Gasteiger partial charge in [0.05, 0.1) is 38.0 Å². The molecule has 2 saturated heterocycles. The van der Waals surface area contributed by atoms with Crippen LogP contribution in [0.3, 0.4) is 0 Å². The first-order valence-corrected chi connectivity index (χ1v) is 11.4. The third-order valence-corrected chi connectivity index (χ3v) is 6.42. The minimum Gasteiger partial charge on any atom is -0.378 e. The largest absolute Gasteiger partial charge is 0.378 e. The monoisotopic (exact) mass is 453 g/mol. The van der Waals surface area contributed by atoms with E-state index in [4.69, 9.17) is 25.3 Å². The normalized spacial score (nSPS) is 24.5. The van der Waals surface area contributed by atoms with E-state index in [0.29, 0.717) is 38.5 Å². The van der Waals surface area contributed by atoms with Gasteiger partial charge in [0, 0.05) is 25.2 Å². The van der Waals surface area contributed by atoms with E-state index in [1.54, 1.807) is 0 Å². The molecule has 1 aromatic carbocycles. The molecule has 2 unspecified atom stereocenters. The van der Waals surface area contributed by atoms with Crippen molar-refractivity contribution in [3.05, 3.63) is 40.8 Å². The molecule has 3 aromatic rings. The molecule has 3 atom stereocenters. The molecule has 2 N–H and O–H groups in total. The van der Waals surface area contributed by atoms with Crippen LogP contribution in [0.5, 0.6) is 0 Å². The number of nitrogens with two attached hydrogens (primary N) is 1. The lowest BCUT2D eigenvalue weighted by molar-refractivity contribution is -0.00516. The summed E-state index contributed by atoms with van der Waals surface area (Å²) in [6.45, 7) is 7.95. The molecule has 2 aliphatic heterocycles. The Kier molecular flexibility index (Phi) is 5.81. The number of hydrogen-bond donors (Lipinski definition) is 1. The fourth-order valence-corrected chi connectivity index (χ4v) is 4.79. The van der Waals surface area contributed by atoms with E-state index in [9.17, 15) is 4.79 Å². The van der Waals surface area contributed by atoms with Gasteiger partial charge in [-0.05, 0) is 20.9 Å². The lowest BCUT2D eigenvalue weighted by atomic mass is 10.1. The van der Waals surface area contributed by atoms with Crippen LogP contribution < -0.4 is 16.3 Å². The maximum atomic E-state index is 13.4. The highest BCUT2D eigenvalue weighted by molar-refractivity contribution is 5.86. The smallest absolute Gasteiger partial charge is 0.353 e. The van der Waals surface area contributed by atoms with Gasteiger partial charge in [0.15, 0.2) is 5.65 Å². The summed E-state index contributed by atoms with van der Waals surface area (Å²) in [6.07, 6.45) is 0.0774. The highest BCUT2D eigenvalue weighted by Crippen LogP contribution is 2.35. The molecule has 2 fully saturated rings. The minimum absolute atomic E-state index is 0.0387. The number of anilines is 2. The summed E-state index contributed by atoms with van der Waals surface area (Å²) in [5.74, 6) is 0.131. The van der Waals surface area contributed by atoms with Gasteiger partial charge in [0.2, 0.25) is 5.95 Å². The average molecular weight is 454 g/mol. The molecule has 0 amide bonds. The fraction of sp³-hybridized carbons (Fsp3) is 0.522. The summed E-state index contributed by atoms with van der Waals surface area (Å²) < 4.78 is 14.5. The molecule has 0 aliphatic carbocycles. The first-order valence-electron chi connectivity index (χ1n) is 11.4. The summed E-state index contributed by atoms with van der Waals surface area (Å²) in [6, 6.07) is 9.96. The van der Waals surface area contributed by atoms with Gasteiger partial charge >= 0.3 is 5.69 Å². The second kappa shape index (κ2) is 8.77. The number of nitrogens with zero attached hydrogens (tertiary/aromatic N) is 6. The van der Waals surface area contributed by atoms with Crippen LogP contribution >= 0.6 is 0 Å². The first-order chi connectivity index (χ1) is 15.9. The second-order valence-corrected chi connectivity index (χ2v) is 9.03. The zero-order valence-electron chi connectivity index (χ0n) is 19.3. The number of benzene rings is 1. The molecule has 0 radical (unpaired) electrons. The van der Waals surface area contributed by atoms with E-state index in [1.807, 2.05) is 37.4 Å². The molecule has 0 saturated carbocycles. The topological polar surface area (TPSA) is 103 Å². The van der Waals surface area contributed by atoms with Crippen LogP contribution in [0, 0.1) is 0 Å². The Morgan fingerprint density at radius 1 is 1.15 bits per heavy atom. The zero-order valence-corrected chi connectivity index (χ0v) is 19.3. The number of hydrogen-bond acceptors (Lipinski definition) is 8. The second-order valence-electron chi connectivity index (χ2n) is 9.03. The van der Waals surface area contributed by atoms with Crippen molar-refractivity contribution in [2.24, 2.45) is 0 Å². The van der Waals surface area contributed by atoms with E-state index >= 15 is 0 Å². The molecule has 10 heteroatoms. The zero-order chi connectivity index (χ0) is 23.1. The highest BCUT2D eigenvalue weighted by atomic mass is 16.5.